The number of nitrogens with one attached hydrogen (secondary N) is 2. The number of esters is 1. The zero-order chi connectivity index (χ0) is 35.4. The summed E-state index contributed by atoms with van der Waals surface area (Å²) < 4.78 is 18.3. The Hall–Kier alpha value is -4.58. The third-order valence-corrected chi connectivity index (χ3v) is 9.36. The largest absolute Gasteiger partial charge is 0.465 e. The van der Waals surface area contributed by atoms with Gasteiger partial charge in [-0.05, 0) is 52.4 Å². The molecule has 0 spiro atoms. The molecule has 4 aromatic carbocycles. The van der Waals surface area contributed by atoms with Gasteiger partial charge in [-0.25, -0.2) is 4.79 Å². The molecular formula is C41H48N4O6. The number of benzene rings is 4. The normalized spacial score (nSPS) is 19.7. The van der Waals surface area contributed by atoms with E-state index in [0.717, 1.165) is 79.1 Å². The number of amides is 2. The lowest BCUT2D eigenvalue weighted by Crippen LogP contribution is -2.49. The number of piperazine rings is 1. The third-order valence-electron chi connectivity index (χ3n) is 9.36. The number of urea groups is 1. The van der Waals surface area contributed by atoms with Crippen molar-refractivity contribution in [3.05, 3.63) is 131 Å². The Morgan fingerprint density at radius 3 is 2.22 bits per heavy atom. The van der Waals surface area contributed by atoms with Crippen LogP contribution in [0.4, 0.5) is 4.79 Å². The van der Waals surface area contributed by atoms with Crippen molar-refractivity contribution in [2.45, 2.75) is 51.5 Å². The molecule has 268 valence electrons. The molecule has 51 heavy (non-hydrogen) atoms. The maximum Gasteiger partial charge on any atom is 0.325 e. The van der Waals surface area contributed by atoms with Crippen molar-refractivity contribution in [3.8, 4) is 11.1 Å². The summed E-state index contributed by atoms with van der Waals surface area (Å²) >= 11 is 0. The molecule has 2 aliphatic heterocycles. The summed E-state index contributed by atoms with van der Waals surface area (Å²) in [5, 5.41) is 14.9. The van der Waals surface area contributed by atoms with Gasteiger partial charge in [0, 0.05) is 57.8 Å². The van der Waals surface area contributed by atoms with Gasteiger partial charge in [-0.15, -0.1) is 0 Å². The van der Waals surface area contributed by atoms with Gasteiger partial charge in [0.25, 0.3) is 0 Å². The number of hydrogen-bond donors (Lipinski definition) is 3. The number of aliphatic hydroxyl groups is 1. The lowest BCUT2D eigenvalue weighted by atomic mass is 9.98. The fraction of sp³-hybridized carbons (Fsp3) is 0.366. The summed E-state index contributed by atoms with van der Waals surface area (Å²) in [4.78, 5) is 28.8. The van der Waals surface area contributed by atoms with E-state index in [1.807, 2.05) is 60.7 Å². The van der Waals surface area contributed by atoms with Crippen LogP contribution in [0.3, 0.4) is 0 Å². The minimum Gasteiger partial charge on any atom is -0.465 e. The maximum atomic E-state index is 12.2. The molecule has 0 unspecified atom stereocenters. The Morgan fingerprint density at radius 2 is 1.47 bits per heavy atom. The smallest absolute Gasteiger partial charge is 0.325 e. The molecule has 10 nitrogen and oxygen atoms in total. The Labute approximate surface area is 300 Å². The number of carbonyl (C=O) groups excluding carboxylic acids is 2. The van der Waals surface area contributed by atoms with E-state index in [4.69, 9.17) is 14.2 Å². The standard InChI is InChI=1S/C41H48N4O6/c1-2-49-39(47)26-43-41(48)42-25-32-10-6-11-34(22-32)35-12-7-13-36(23-35)40-50-37(24-38(51-40)33-16-14-31(29-46)15-17-33)28-45-20-18-44(19-21-45)27-30-8-4-3-5-9-30/h3-17,22-23,37-38,40,46H,2,18-21,24-29H2,1H3,(H2,42,43,48)/t37-,38+,40+/m0/s1. The van der Waals surface area contributed by atoms with Crippen LogP contribution >= 0.6 is 0 Å². The van der Waals surface area contributed by atoms with E-state index >= 15 is 0 Å². The van der Waals surface area contributed by atoms with Crippen molar-refractivity contribution in [1.82, 2.24) is 20.4 Å². The van der Waals surface area contributed by atoms with Crippen LogP contribution in [0.1, 0.15) is 53.6 Å². The molecular weight excluding hydrogens is 644 g/mol. The fourth-order valence-corrected chi connectivity index (χ4v) is 6.63. The highest BCUT2D eigenvalue weighted by atomic mass is 16.7. The van der Waals surface area contributed by atoms with Crippen molar-refractivity contribution in [3.63, 3.8) is 0 Å². The maximum absolute atomic E-state index is 12.2. The van der Waals surface area contributed by atoms with Crippen molar-refractivity contribution >= 4 is 12.0 Å². The highest BCUT2D eigenvalue weighted by Crippen LogP contribution is 2.39. The summed E-state index contributed by atoms with van der Waals surface area (Å²) in [5.74, 6) is -0.477. The first-order valence-corrected chi connectivity index (χ1v) is 17.8. The van der Waals surface area contributed by atoms with Gasteiger partial charge in [-0.2, -0.15) is 0 Å². The minimum atomic E-state index is -0.557. The van der Waals surface area contributed by atoms with Gasteiger partial charge >= 0.3 is 12.0 Å². The van der Waals surface area contributed by atoms with Crippen LogP contribution in [-0.4, -0.2) is 78.9 Å². The van der Waals surface area contributed by atoms with Gasteiger partial charge in [0.2, 0.25) is 0 Å². The van der Waals surface area contributed by atoms with Crippen molar-refractivity contribution in [2.75, 3.05) is 45.9 Å². The average Bonchev–Trinajstić information content (AvgIpc) is 3.17. The van der Waals surface area contributed by atoms with Crippen LogP contribution in [0.5, 0.6) is 0 Å². The quantitative estimate of drug-likeness (QED) is 0.156. The number of hydrogen-bond acceptors (Lipinski definition) is 8. The zero-order valence-electron chi connectivity index (χ0n) is 29.2. The first kappa shape index (κ1) is 36.2. The zero-order valence-corrected chi connectivity index (χ0v) is 29.2. The van der Waals surface area contributed by atoms with E-state index in [1.54, 1.807) is 6.92 Å². The van der Waals surface area contributed by atoms with Gasteiger partial charge < -0.3 is 30.0 Å². The number of ether oxygens (including phenoxy) is 3. The first-order chi connectivity index (χ1) is 24.9. The summed E-state index contributed by atoms with van der Waals surface area (Å²) in [7, 11) is 0. The van der Waals surface area contributed by atoms with Crippen LogP contribution in [-0.2, 0) is 38.7 Å². The van der Waals surface area contributed by atoms with Crippen molar-refractivity contribution < 1.29 is 28.9 Å². The number of aliphatic hydroxyl groups excluding tert-OH is 1. The Bertz CT molecular complexity index is 1710. The minimum absolute atomic E-state index is 0.00313. The third kappa shape index (κ3) is 10.5. The Balaban J connectivity index is 1.12. The molecule has 2 saturated heterocycles. The summed E-state index contributed by atoms with van der Waals surface area (Å²) in [5.41, 5.74) is 7.15. The molecule has 0 aliphatic carbocycles. The second kappa shape index (κ2) is 18.1. The second-order valence-electron chi connectivity index (χ2n) is 13.1. The Morgan fingerprint density at radius 1 is 0.765 bits per heavy atom. The lowest BCUT2D eigenvalue weighted by Gasteiger charge is -2.41. The molecule has 2 fully saturated rings. The molecule has 0 radical (unpaired) electrons. The second-order valence-corrected chi connectivity index (χ2v) is 13.1. The van der Waals surface area contributed by atoms with E-state index in [1.165, 1.54) is 5.56 Å². The molecule has 2 heterocycles. The van der Waals surface area contributed by atoms with Crippen LogP contribution in [0.15, 0.2) is 103 Å². The summed E-state index contributed by atoms with van der Waals surface area (Å²) in [6.07, 6.45) is -0.00574. The number of carbonyl (C=O) groups is 2. The van der Waals surface area contributed by atoms with E-state index < -0.39 is 18.3 Å². The summed E-state index contributed by atoms with van der Waals surface area (Å²) in [6.45, 7) is 7.92. The van der Waals surface area contributed by atoms with E-state index in [0.29, 0.717) is 6.54 Å². The van der Waals surface area contributed by atoms with E-state index in [9.17, 15) is 14.7 Å². The number of nitrogens with zero attached hydrogens (tertiary/aromatic N) is 2. The monoisotopic (exact) mass is 692 g/mol. The van der Waals surface area contributed by atoms with Crippen LogP contribution in [0, 0.1) is 0 Å². The average molecular weight is 693 g/mol. The van der Waals surface area contributed by atoms with E-state index in [-0.39, 0.29) is 32.0 Å². The van der Waals surface area contributed by atoms with Crippen LogP contribution < -0.4 is 10.6 Å². The van der Waals surface area contributed by atoms with Crippen molar-refractivity contribution in [2.24, 2.45) is 0 Å². The van der Waals surface area contributed by atoms with Crippen LogP contribution in [0.25, 0.3) is 11.1 Å². The van der Waals surface area contributed by atoms with Gasteiger partial charge in [0.05, 0.1) is 25.4 Å². The molecule has 0 saturated carbocycles. The molecule has 10 heteroatoms. The van der Waals surface area contributed by atoms with Gasteiger partial charge in [0.15, 0.2) is 6.29 Å². The molecule has 4 aromatic rings. The van der Waals surface area contributed by atoms with Crippen LogP contribution in [0.2, 0.25) is 0 Å². The molecule has 0 bridgehead atoms. The predicted octanol–water partition coefficient (Wildman–Crippen LogP) is 5.57. The van der Waals surface area contributed by atoms with Gasteiger partial charge in [-0.3, -0.25) is 14.6 Å². The topological polar surface area (TPSA) is 113 Å². The fourth-order valence-electron chi connectivity index (χ4n) is 6.63. The molecule has 2 amide bonds. The van der Waals surface area contributed by atoms with Crippen molar-refractivity contribution in [1.29, 1.82) is 0 Å². The molecule has 6 rings (SSSR count). The summed E-state index contributed by atoms with van der Waals surface area (Å²) in [6, 6.07) is 34.4. The molecule has 3 atom stereocenters. The highest BCUT2D eigenvalue weighted by Gasteiger charge is 2.34. The van der Waals surface area contributed by atoms with Gasteiger partial charge in [-0.1, -0.05) is 91.0 Å². The number of rotatable bonds is 13. The lowest BCUT2D eigenvalue weighted by molar-refractivity contribution is -0.253. The van der Waals surface area contributed by atoms with E-state index in [2.05, 4.69) is 62.9 Å². The Kier molecular flexibility index (Phi) is 12.8. The molecule has 3 N–H and O–H groups in total. The first-order valence-electron chi connectivity index (χ1n) is 17.8. The van der Waals surface area contributed by atoms with Gasteiger partial charge in [0.1, 0.15) is 6.54 Å². The predicted molar refractivity (Wildman–Crippen MR) is 195 cm³/mol. The highest BCUT2D eigenvalue weighted by molar-refractivity contribution is 5.80. The molecule has 0 aromatic heterocycles. The molecule has 2 aliphatic rings. The SMILES string of the molecule is CCOC(=O)CNC(=O)NCc1cccc(-c2cccc([C@@H]3O[C@H](CN4CCN(Cc5ccccc5)CC4)C[C@H](c4ccc(CO)cc4)O3)c2)c1.